The van der Waals surface area contributed by atoms with Crippen molar-refractivity contribution in [1.29, 1.82) is 5.26 Å². The van der Waals surface area contributed by atoms with E-state index < -0.39 is 5.78 Å². The van der Waals surface area contributed by atoms with Gasteiger partial charge in [0.1, 0.15) is 6.07 Å². The van der Waals surface area contributed by atoms with Crippen molar-refractivity contribution in [3.8, 4) is 6.07 Å². The number of anilines is 1. The Balaban J connectivity index is 2.17. The molecule has 2 rings (SSSR count). The zero-order valence-corrected chi connectivity index (χ0v) is 10.4. The van der Waals surface area contributed by atoms with Crippen LogP contribution < -0.4 is 5.43 Å². The van der Waals surface area contributed by atoms with Crippen LogP contribution in [0.2, 0.25) is 5.02 Å². The standard InChI is InChI=1S/C13H8ClN3O2/c14-9-3-1-4-10(7-9)16-17-11(8-15)13(18)12-5-2-6-19-12/h1-7,16H/b17-11-. The van der Waals surface area contributed by atoms with E-state index in [0.717, 1.165) is 0 Å². The summed E-state index contributed by atoms with van der Waals surface area (Å²) in [5.41, 5.74) is 2.88. The van der Waals surface area contributed by atoms with Crippen molar-refractivity contribution in [2.24, 2.45) is 5.10 Å². The Hall–Kier alpha value is -2.58. The molecule has 1 aromatic carbocycles. The van der Waals surface area contributed by atoms with E-state index in [1.807, 2.05) is 0 Å². The zero-order valence-electron chi connectivity index (χ0n) is 9.63. The number of hydrogen-bond donors (Lipinski definition) is 1. The van der Waals surface area contributed by atoms with Crippen LogP contribution >= 0.6 is 11.6 Å². The van der Waals surface area contributed by atoms with Gasteiger partial charge in [-0.15, -0.1) is 0 Å². The maximum absolute atomic E-state index is 11.8. The number of ketones is 1. The lowest BCUT2D eigenvalue weighted by molar-refractivity contribution is 0.104. The van der Waals surface area contributed by atoms with E-state index in [1.54, 1.807) is 36.4 Å². The Bertz CT molecular complexity index is 657. The lowest BCUT2D eigenvalue weighted by atomic mass is 10.2. The van der Waals surface area contributed by atoms with E-state index in [4.69, 9.17) is 21.3 Å². The number of benzene rings is 1. The number of nitrogens with one attached hydrogen (secondary N) is 1. The molecule has 0 unspecified atom stereocenters. The molecule has 0 aliphatic rings. The van der Waals surface area contributed by atoms with Crippen LogP contribution in [0, 0.1) is 11.3 Å². The number of carbonyl (C=O) groups is 1. The molecular weight excluding hydrogens is 266 g/mol. The molecular formula is C13H8ClN3O2. The quantitative estimate of drug-likeness (QED) is 0.527. The van der Waals surface area contributed by atoms with Crippen molar-refractivity contribution >= 4 is 28.8 Å². The van der Waals surface area contributed by atoms with Crippen LogP contribution in [-0.4, -0.2) is 11.5 Å². The summed E-state index contributed by atoms with van der Waals surface area (Å²) in [6.45, 7) is 0. The maximum atomic E-state index is 11.8. The minimum absolute atomic E-state index is 0.0631. The first-order chi connectivity index (χ1) is 9.20. The molecule has 0 saturated heterocycles. The number of hydrazone groups is 1. The summed E-state index contributed by atoms with van der Waals surface area (Å²) >= 11 is 5.80. The highest BCUT2D eigenvalue weighted by Crippen LogP contribution is 2.14. The molecule has 0 fully saturated rings. The summed E-state index contributed by atoms with van der Waals surface area (Å²) in [6, 6.07) is 11.5. The molecule has 0 saturated carbocycles. The van der Waals surface area contributed by atoms with Crippen molar-refractivity contribution in [1.82, 2.24) is 0 Å². The smallest absolute Gasteiger partial charge is 0.259 e. The normalized spacial score (nSPS) is 10.8. The van der Waals surface area contributed by atoms with Gasteiger partial charge in [0.15, 0.2) is 5.76 Å². The summed E-state index contributed by atoms with van der Waals surface area (Å²) in [7, 11) is 0. The Labute approximate surface area is 114 Å². The Morgan fingerprint density at radius 3 is 2.84 bits per heavy atom. The molecule has 94 valence electrons. The van der Waals surface area contributed by atoms with Gasteiger partial charge in [-0.3, -0.25) is 10.2 Å². The maximum Gasteiger partial charge on any atom is 0.259 e. The van der Waals surface area contributed by atoms with Gasteiger partial charge in [0, 0.05) is 5.02 Å². The Kier molecular flexibility index (Phi) is 3.96. The van der Waals surface area contributed by atoms with E-state index in [0.29, 0.717) is 10.7 Å². The zero-order chi connectivity index (χ0) is 13.7. The molecule has 1 aromatic heterocycles. The first kappa shape index (κ1) is 12.9. The van der Waals surface area contributed by atoms with Gasteiger partial charge in [0.05, 0.1) is 12.0 Å². The molecule has 6 heteroatoms. The van der Waals surface area contributed by atoms with Gasteiger partial charge >= 0.3 is 0 Å². The molecule has 0 atom stereocenters. The molecule has 1 N–H and O–H groups in total. The Morgan fingerprint density at radius 1 is 1.37 bits per heavy atom. The van der Waals surface area contributed by atoms with Crippen LogP contribution in [0.25, 0.3) is 0 Å². The minimum Gasteiger partial charge on any atom is -0.461 e. The highest BCUT2D eigenvalue weighted by molar-refractivity contribution is 6.50. The van der Waals surface area contributed by atoms with Crippen molar-refractivity contribution in [3.63, 3.8) is 0 Å². The number of halogens is 1. The second-order valence-corrected chi connectivity index (χ2v) is 3.94. The van der Waals surface area contributed by atoms with Gasteiger partial charge in [-0.05, 0) is 30.3 Å². The number of hydrogen-bond acceptors (Lipinski definition) is 5. The van der Waals surface area contributed by atoms with Crippen molar-refractivity contribution < 1.29 is 9.21 Å². The lowest BCUT2D eigenvalue weighted by Gasteiger charge is -2.00. The molecule has 0 aliphatic carbocycles. The monoisotopic (exact) mass is 273 g/mol. The first-order valence-electron chi connectivity index (χ1n) is 5.28. The minimum atomic E-state index is -0.581. The molecule has 5 nitrogen and oxygen atoms in total. The summed E-state index contributed by atoms with van der Waals surface area (Å²) in [4.78, 5) is 11.8. The van der Waals surface area contributed by atoms with Crippen LogP contribution in [0.3, 0.4) is 0 Å². The van der Waals surface area contributed by atoms with Gasteiger partial charge in [-0.2, -0.15) is 10.4 Å². The van der Waals surface area contributed by atoms with Crippen LogP contribution in [0.4, 0.5) is 5.69 Å². The lowest BCUT2D eigenvalue weighted by Crippen LogP contribution is -2.13. The van der Waals surface area contributed by atoms with Crippen LogP contribution in [0.15, 0.2) is 52.2 Å². The number of Topliss-reactive ketones (excluding diaryl/α,β-unsaturated/α-hetero) is 1. The van der Waals surface area contributed by atoms with Gasteiger partial charge < -0.3 is 4.42 Å². The fourth-order valence-corrected chi connectivity index (χ4v) is 1.52. The molecule has 0 spiro atoms. The number of rotatable bonds is 4. The van der Waals surface area contributed by atoms with E-state index in [2.05, 4.69) is 10.5 Å². The molecule has 0 bridgehead atoms. The highest BCUT2D eigenvalue weighted by atomic mass is 35.5. The summed E-state index contributed by atoms with van der Waals surface area (Å²) < 4.78 is 4.92. The first-order valence-corrected chi connectivity index (χ1v) is 5.66. The molecule has 2 aromatic rings. The van der Waals surface area contributed by atoms with Gasteiger partial charge in [0.2, 0.25) is 5.71 Å². The molecule has 0 radical (unpaired) electrons. The van der Waals surface area contributed by atoms with Crippen LogP contribution in [0.5, 0.6) is 0 Å². The third-order valence-electron chi connectivity index (χ3n) is 2.19. The number of carbonyl (C=O) groups excluding carboxylic acids is 1. The molecule has 0 aliphatic heterocycles. The summed E-state index contributed by atoms with van der Waals surface area (Å²) in [5, 5.41) is 13.2. The van der Waals surface area contributed by atoms with Gasteiger partial charge in [0.25, 0.3) is 5.78 Å². The van der Waals surface area contributed by atoms with Crippen molar-refractivity contribution in [2.75, 3.05) is 5.43 Å². The average Bonchev–Trinajstić information content (AvgIpc) is 2.93. The average molecular weight is 274 g/mol. The second kappa shape index (κ2) is 5.85. The summed E-state index contributed by atoms with van der Waals surface area (Å²) in [5.74, 6) is -0.518. The SMILES string of the molecule is N#C/C(=N/Nc1cccc(Cl)c1)C(=O)c1ccco1. The van der Waals surface area contributed by atoms with E-state index in [9.17, 15) is 4.79 Å². The largest absolute Gasteiger partial charge is 0.461 e. The topological polar surface area (TPSA) is 78.4 Å². The fraction of sp³-hybridized carbons (Fsp3) is 0. The van der Waals surface area contributed by atoms with E-state index in [-0.39, 0.29) is 11.5 Å². The van der Waals surface area contributed by atoms with Crippen LogP contribution in [0.1, 0.15) is 10.6 Å². The predicted molar refractivity (Wildman–Crippen MR) is 71.2 cm³/mol. The van der Waals surface area contributed by atoms with Crippen LogP contribution in [-0.2, 0) is 0 Å². The van der Waals surface area contributed by atoms with Crippen molar-refractivity contribution in [2.45, 2.75) is 0 Å². The highest BCUT2D eigenvalue weighted by Gasteiger charge is 2.16. The Morgan fingerprint density at radius 2 is 2.21 bits per heavy atom. The number of nitrogens with zero attached hydrogens (tertiary/aromatic N) is 2. The van der Waals surface area contributed by atoms with E-state index >= 15 is 0 Å². The van der Waals surface area contributed by atoms with Gasteiger partial charge in [-0.1, -0.05) is 17.7 Å². The fourth-order valence-electron chi connectivity index (χ4n) is 1.33. The van der Waals surface area contributed by atoms with Gasteiger partial charge in [-0.25, -0.2) is 0 Å². The second-order valence-electron chi connectivity index (χ2n) is 3.50. The number of nitriles is 1. The third-order valence-corrected chi connectivity index (χ3v) is 2.42. The molecule has 0 amide bonds. The summed E-state index contributed by atoms with van der Waals surface area (Å²) in [6.07, 6.45) is 1.35. The molecule has 1 heterocycles. The molecule has 19 heavy (non-hydrogen) atoms. The number of furan rings is 1. The predicted octanol–water partition coefficient (Wildman–Crippen LogP) is 3.11. The van der Waals surface area contributed by atoms with Crippen molar-refractivity contribution in [3.05, 3.63) is 53.4 Å². The van der Waals surface area contributed by atoms with E-state index in [1.165, 1.54) is 12.3 Å². The third kappa shape index (κ3) is 3.21.